The number of hydrogen-bond donors (Lipinski definition) is 2. The minimum Gasteiger partial charge on any atom is -0.434 e. The fraction of sp³-hybridized carbons (Fsp3) is 0.571. The number of carbonyl (C=O) groups is 1. The van der Waals surface area contributed by atoms with Crippen LogP contribution >= 0.6 is 0 Å². The summed E-state index contributed by atoms with van der Waals surface area (Å²) in [4.78, 5) is 23.6. The van der Waals surface area contributed by atoms with Crippen molar-refractivity contribution in [3.05, 3.63) is 12.5 Å². The molecule has 2 aromatic heterocycles. The first-order chi connectivity index (χ1) is 11.0. The Bertz CT molecular complexity index is 658. The van der Waals surface area contributed by atoms with E-state index in [4.69, 9.17) is 15.2 Å². The van der Waals surface area contributed by atoms with Gasteiger partial charge < -0.3 is 24.9 Å². The average molecular weight is 325 g/mol. The second-order valence-electron chi connectivity index (χ2n) is 5.44. The van der Waals surface area contributed by atoms with Crippen molar-refractivity contribution >= 4 is 23.3 Å². The quantitative estimate of drug-likeness (QED) is 0.721. The molecule has 0 fully saturated rings. The highest BCUT2D eigenvalue weighted by molar-refractivity contribution is 5.70. The standard InChI is InChI=1S/C14H21N5O4/c1-9(2)23-14(21)22-7-10(6-20)3-4-19-8-17-11-5-16-13(15)18-12(11)19/h5,8-10,20H,3-4,6-7H2,1-2H3,(H2,15,16,18)/i6+2. The Morgan fingerprint density at radius 3 is 2.96 bits per heavy atom. The van der Waals surface area contributed by atoms with Crippen LogP contribution in [-0.2, 0) is 16.0 Å². The molecule has 0 spiro atoms. The van der Waals surface area contributed by atoms with E-state index in [9.17, 15) is 9.90 Å². The lowest BCUT2D eigenvalue weighted by Crippen LogP contribution is -2.21. The van der Waals surface area contributed by atoms with Crippen LogP contribution < -0.4 is 5.73 Å². The molecule has 2 heterocycles. The van der Waals surface area contributed by atoms with Gasteiger partial charge in [0.25, 0.3) is 0 Å². The summed E-state index contributed by atoms with van der Waals surface area (Å²) in [6.07, 6.45) is 2.81. The predicted octanol–water partition coefficient (Wildman–Crippen LogP) is 0.969. The van der Waals surface area contributed by atoms with Crippen molar-refractivity contribution in [2.45, 2.75) is 32.9 Å². The van der Waals surface area contributed by atoms with E-state index in [1.54, 1.807) is 26.4 Å². The van der Waals surface area contributed by atoms with E-state index in [0.717, 1.165) is 0 Å². The third-order valence-electron chi connectivity index (χ3n) is 3.18. The molecule has 3 N–H and O–H groups in total. The molecule has 9 nitrogen and oxygen atoms in total. The van der Waals surface area contributed by atoms with Gasteiger partial charge in [0.05, 0.1) is 18.6 Å². The van der Waals surface area contributed by atoms with Crippen LogP contribution in [0.15, 0.2) is 12.5 Å². The Kier molecular flexibility index (Phi) is 5.69. The molecule has 0 aliphatic rings. The van der Waals surface area contributed by atoms with Gasteiger partial charge in [-0.2, -0.15) is 4.98 Å². The van der Waals surface area contributed by atoms with Gasteiger partial charge in [0.15, 0.2) is 5.65 Å². The number of fused-ring (bicyclic) bond motifs is 1. The summed E-state index contributed by atoms with van der Waals surface area (Å²) in [6.45, 7) is 4.02. The number of ether oxygens (including phenoxy) is 2. The molecule has 0 saturated carbocycles. The highest BCUT2D eigenvalue weighted by atomic mass is 16.7. The largest absolute Gasteiger partial charge is 0.508 e. The summed E-state index contributed by atoms with van der Waals surface area (Å²) < 4.78 is 11.7. The molecule has 1 atom stereocenters. The number of hydrogen-bond acceptors (Lipinski definition) is 8. The summed E-state index contributed by atoms with van der Waals surface area (Å²) in [5.41, 5.74) is 6.86. The fourth-order valence-electron chi connectivity index (χ4n) is 1.99. The molecule has 0 amide bonds. The molecular weight excluding hydrogens is 304 g/mol. The summed E-state index contributed by atoms with van der Waals surface area (Å²) in [5, 5.41) is 9.40. The number of aliphatic hydroxyl groups excluding tert-OH is 1. The number of imidazole rings is 1. The Labute approximate surface area is 133 Å². The van der Waals surface area contributed by atoms with E-state index in [1.165, 1.54) is 0 Å². The summed E-state index contributed by atoms with van der Waals surface area (Å²) in [5.74, 6) is -0.0240. The summed E-state index contributed by atoms with van der Waals surface area (Å²) >= 11 is 0. The first-order valence-electron chi connectivity index (χ1n) is 7.37. The molecule has 0 aromatic carbocycles. The molecule has 126 valence electrons. The lowest BCUT2D eigenvalue weighted by atomic mass is 10.2. The topological polar surface area (TPSA) is 125 Å². The first kappa shape index (κ1) is 16.9. The minimum atomic E-state index is -0.730. The molecule has 2 rings (SSSR count). The number of aliphatic hydroxyl groups is 1. The molecule has 0 aliphatic carbocycles. The van der Waals surface area contributed by atoms with Crippen LogP contribution in [0.1, 0.15) is 20.3 Å². The second kappa shape index (κ2) is 7.73. The molecule has 0 saturated heterocycles. The number of carbonyl (C=O) groups excluding carboxylic acids is 1. The van der Waals surface area contributed by atoms with Crippen LogP contribution in [0.4, 0.5) is 10.7 Å². The molecular formula is C14H21N5O4. The SMILES string of the molecule is CC(C)OC(=O)OCC(CCn1cnc2cnc(N)nc21)[14CH2]O. The Morgan fingerprint density at radius 2 is 2.26 bits per heavy atom. The van der Waals surface area contributed by atoms with Gasteiger partial charge in [0.2, 0.25) is 5.95 Å². The molecule has 0 radical (unpaired) electrons. The minimum absolute atomic E-state index is 0.0891. The Hall–Kier alpha value is -2.42. The molecule has 9 heteroatoms. The van der Waals surface area contributed by atoms with E-state index in [0.29, 0.717) is 24.1 Å². The molecule has 2 aromatic rings. The van der Waals surface area contributed by atoms with Gasteiger partial charge >= 0.3 is 6.16 Å². The van der Waals surface area contributed by atoms with E-state index in [-0.39, 0.29) is 31.2 Å². The molecule has 23 heavy (non-hydrogen) atoms. The maximum absolute atomic E-state index is 11.3. The summed E-state index contributed by atoms with van der Waals surface area (Å²) in [7, 11) is 0. The van der Waals surface area contributed by atoms with Crippen molar-refractivity contribution in [3.8, 4) is 0 Å². The number of nitrogens with two attached hydrogens (primary N) is 1. The van der Waals surface area contributed by atoms with Gasteiger partial charge in [-0.1, -0.05) is 0 Å². The normalized spacial score (nSPS) is 12.5. The fourth-order valence-corrected chi connectivity index (χ4v) is 1.99. The van der Waals surface area contributed by atoms with E-state index in [2.05, 4.69) is 15.0 Å². The van der Waals surface area contributed by atoms with Gasteiger partial charge in [0, 0.05) is 19.1 Å². The van der Waals surface area contributed by atoms with Crippen molar-refractivity contribution < 1.29 is 19.4 Å². The number of rotatable bonds is 7. The van der Waals surface area contributed by atoms with Gasteiger partial charge in [-0.05, 0) is 20.3 Å². The van der Waals surface area contributed by atoms with Crippen molar-refractivity contribution in [1.82, 2.24) is 19.5 Å². The van der Waals surface area contributed by atoms with Crippen LogP contribution in [0, 0.1) is 5.92 Å². The van der Waals surface area contributed by atoms with Gasteiger partial charge in [-0.3, -0.25) is 0 Å². The number of aryl methyl sites for hydroxylation is 1. The van der Waals surface area contributed by atoms with Crippen LogP contribution in [-0.4, -0.2) is 50.1 Å². The lowest BCUT2D eigenvalue weighted by molar-refractivity contribution is 0.0179. The van der Waals surface area contributed by atoms with Gasteiger partial charge in [-0.15, -0.1) is 0 Å². The average Bonchev–Trinajstić information content (AvgIpc) is 2.89. The van der Waals surface area contributed by atoms with E-state index in [1.807, 2.05) is 4.57 Å². The van der Waals surface area contributed by atoms with Crippen LogP contribution in [0.3, 0.4) is 0 Å². The van der Waals surface area contributed by atoms with Crippen LogP contribution in [0.2, 0.25) is 0 Å². The van der Waals surface area contributed by atoms with Crippen LogP contribution in [0.25, 0.3) is 11.2 Å². The van der Waals surface area contributed by atoms with Crippen molar-refractivity contribution in [2.24, 2.45) is 5.92 Å². The van der Waals surface area contributed by atoms with Gasteiger partial charge in [-0.25, -0.2) is 14.8 Å². The molecule has 0 bridgehead atoms. The number of anilines is 1. The lowest BCUT2D eigenvalue weighted by Gasteiger charge is -2.15. The molecule has 1 unspecified atom stereocenters. The Balaban J connectivity index is 1.89. The Morgan fingerprint density at radius 1 is 1.48 bits per heavy atom. The first-order valence-corrected chi connectivity index (χ1v) is 7.37. The van der Waals surface area contributed by atoms with Crippen molar-refractivity contribution in [3.63, 3.8) is 0 Å². The zero-order valence-corrected chi connectivity index (χ0v) is 13.2. The maximum Gasteiger partial charge on any atom is 0.508 e. The maximum atomic E-state index is 11.3. The monoisotopic (exact) mass is 325 g/mol. The van der Waals surface area contributed by atoms with Crippen LogP contribution in [0.5, 0.6) is 0 Å². The zero-order chi connectivity index (χ0) is 16.8. The number of nitrogen functional groups attached to an aromatic ring is 1. The summed E-state index contributed by atoms with van der Waals surface area (Å²) in [6, 6.07) is 0. The predicted molar refractivity (Wildman–Crippen MR) is 82.5 cm³/mol. The van der Waals surface area contributed by atoms with Crippen molar-refractivity contribution in [2.75, 3.05) is 18.9 Å². The molecule has 0 aliphatic heterocycles. The highest BCUT2D eigenvalue weighted by Gasteiger charge is 2.14. The highest BCUT2D eigenvalue weighted by Crippen LogP contribution is 2.13. The van der Waals surface area contributed by atoms with E-state index < -0.39 is 6.16 Å². The second-order valence-corrected chi connectivity index (χ2v) is 5.44. The third-order valence-corrected chi connectivity index (χ3v) is 3.18. The van der Waals surface area contributed by atoms with E-state index >= 15 is 0 Å². The zero-order valence-electron chi connectivity index (χ0n) is 13.2. The van der Waals surface area contributed by atoms with Gasteiger partial charge in [0.1, 0.15) is 12.1 Å². The number of nitrogens with zero attached hydrogens (tertiary/aromatic N) is 4. The third kappa shape index (κ3) is 4.78. The number of aromatic nitrogens is 4. The smallest absolute Gasteiger partial charge is 0.434 e. The van der Waals surface area contributed by atoms with Crippen molar-refractivity contribution in [1.29, 1.82) is 0 Å².